The van der Waals surface area contributed by atoms with E-state index in [0.29, 0.717) is 22.7 Å². The van der Waals surface area contributed by atoms with Gasteiger partial charge in [-0.1, -0.05) is 54.1 Å². The molecule has 2 heterocycles. The topological polar surface area (TPSA) is 48.7 Å². The summed E-state index contributed by atoms with van der Waals surface area (Å²) in [6.07, 6.45) is -4.28. The van der Waals surface area contributed by atoms with E-state index in [1.807, 2.05) is 43.3 Å². The maximum absolute atomic E-state index is 14.2. The summed E-state index contributed by atoms with van der Waals surface area (Å²) < 4.78 is 42.6. The van der Waals surface area contributed by atoms with E-state index < -0.39 is 17.8 Å². The lowest BCUT2D eigenvalue weighted by Crippen LogP contribution is -2.60. The van der Waals surface area contributed by atoms with Crippen LogP contribution in [0.15, 0.2) is 59.0 Å². The first kappa shape index (κ1) is 19.3. The van der Waals surface area contributed by atoms with E-state index in [-0.39, 0.29) is 17.3 Å². The van der Waals surface area contributed by atoms with Gasteiger partial charge in [0, 0.05) is 16.5 Å². The highest BCUT2D eigenvalue weighted by atomic mass is 32.1. The Balaban J connectivity index is 1.61. The van der Waals surface area contributed by atoms with Crippen molar-refractivity contribution in [2.75, 3.05) is 5.01 Å². The molecule has 0 radical (unpaired) electrons. The first-order valence-electron chi connectivity index (χ1n) is 9.57. The van der Waals surface area contributed by atoms with Crippen molar-refractivity contribution in [3.05, 3.63) is 70.6 Å². The Hall–Kier alpha value is -2.71. The van der Waals surface area contributed by atoms with Crippen LogP contribution in [0.25, 0.3) is 11.3 Å². The third-order valence-electron chi connectivity index (χ3n) is 5.78. The molecular weight excluding hydrogens is 411 g/mol. The number of hydrogen-bond acceptors (Lipinski definition) is 5. The first-order valence-corrected chi connectivity index (χ1v) is 10.5. The van der Waals surface area contributed by atoms with E-state index in [9.17, 15) is 18.3 Å². The molecule has 1 aliphatic carbocycles. The lowest BCUT2D eigenvalue weighted by Gasteiger charge is -2.38. The normalized spacial score (nSPS) is 23.2. The molecule has 0 amide bonds. The van der Waals surface area contributed by atoms with Crippen molar-refractivity contribution < 1.29 is 18.3 Å². The van der Waals surface area contributed by atoms with E-state index in [1.54, 1.807) is 17.5 Å². The fourth-order valence-electron chi connectivity index (χ4n) is 4.18. The molecule has 1 aromatic heterocycles. The minimum absolute atomic E-state index is 0.0183. The SMILES string of the molecule is Cc1ccc(-c2csc(N3N=C4c5ccccc5CCC4C3(O)C(F)(F)F)n2)cc1. The molecule has 0 spiro atoms. The third-order valence-corrected chi connectivity index (χ3v) is 6.60. The number of alkyl halides is 3. The van der Waals surface area contributed by atoms with Gasteiger partial charge in [-0.2, -0.15) is 23.3 Å². The van der Waals surface area contributed by atoms with E-state index in [0.717, 1.165) is 28.0 Å². The Morgan fingerprint density at radius 2 is 1.87 bits per heavy atom. The van der Waals surface area contributed by atoms with Crippen LogP contribution in [0.5, 0.6) is 0 Å². The number of benzene rings is 2. The zero-order chi connectivity index (χ0) is 21.1. The van der Waals surface area contributed by atoms with Crippen LogP contribution in [0.2, 0.25) is 0 Å². The van der Waals surface area contributed by atoms with Crippen LogP contribution in [0.4, 0.5) is 18.3 Å². The van der Waals surface area contributed by atoms with Gasteiger partial charge in [0.25, 0.3) is 5.72 Å². The van der Waals surface area contributed by atoms with Gasteiger partial charge in [0.2, 0.25) is 5.13 Å². The molecule has 0 saturated heterocycles. The number of aliphatic hydroxyl groups is 1. The quantitative estimate of drug-likeness (QED) is 0.613. The van der Waals surface area contributed by atoms with Gasteiger partial charge >= 0.3 is 6.18 Å². The zero-order valence-electron chi connectivity index (χ0n) is 16.0. The fraction of sp³-hybridized carbons (Fsp3) is 0.273. The fourth-order valence-corrected chi connectivity index (χ4v) is 5.02. The molecule has 2 atom stereocenters. The van der Waals surface area contributed by atoms with Crippen molar-refractivity contribution in [2.45, 2.75) is 31.7 Å². The zero-order valence-corrected chi connectivity index (χ0v) is 16.8. The molecule has 3 aromatic rings. The summed E-state index contributed by atoms with van der Waals surface area (Å²) in [5.74, 6) is -1.17. The highest BCUT2D eigenvalue weighted by Crippen LogP contribution is 2.51. The number of fused-ring (bicyclic) bond motifs is 3. The van der Waals surface area contributed by atoms with Crippen molar-refractivity contribution in [1.29, 1.82) is 0 Å². The molecule has 0 saturated carbocycles. The molecule has 1 aliphatic heterocycles. The molecule has 0 bridgehead atoms. The van der Waals surface area contributed by atoms with Gasteiger partial charge in [-0.15, -0.1) is 11.3 Å². The number of halogens is 3. The number of aromatic nitrogens is 1. The van der Waals surface area contributed by atoms with Crippen LogP contribution < -0.4 is 5.01 Å². The van der Waals surface area contributed by atoms with E-state index in [1.165, 1.54) is 0 Å². The average molecular weight is 429 g/mol. The number of aryl methyl sites for hydroxylation is 2. The van der Waals surface area contributed by atoms with Gasteiger partial charge in [0.1, 0.15) is 0 Å². The van der Waals surface area contributed by atoms with Crippen LogP contribution >= 0.6 is 11.3 Å². The Morgan fingerprint density at radius 1 is 1.13 bits per heavy atom. The number of rotatable bonds is 2. The summed E-state index contributed by atoms with van der Waals surface area (Å²) in [6, 6.07) is 14.9. The molecule has 30 heavy (non-hydrogen) atoms. The third kappa shape index (κ3) is 2.78. The predicted octanol–water partition coefficient (Wildman–Crippen LogP) is 5.16. The summed E-state index contributed by atoms with van der Waals surface area (Å²) in [6.45, 7) is 1.96. The van der Waals surface area contributed by atoms with Crippen LogP contribution in [0.1, 0.15) is 23.1 Å². The highest BCUT2D eigenvalue weighted by molar-refractivity contribution is 7.14. The maximum Gasteiger partial charge on any atom is 0.439 e. The van der Waals surface area contributed by atoms with Crippen molar-refractivity contribution >= 4 is 22.2 Å². The minimum Gasteiger partial charge on any atom is -0.362 e. The Bertz CT molecular complexity index is 1140. The van der Waals surface area contributed by atoms with Gasteiger partial charge < -0.3 is 5.11 Å². The number of thiazole rings is 1. The first-order chi connectivity index (χ1) is 14.3. The van der Waals surface area contributed by atoms with Gasteiger partial charge in [0.15, 0.2) is 0 Å². The van der Waals surface area contributed by atoms with Crippen LogP contribution in [-0.2, 0) is 6.42 Å². The molecule has 2 unspecified atom stereocenters. The van der Waals surface area contributed by atoms with Crippen molar-refractivity contribution in [1.82, 2.24) is 4.98 Å². The molecule has 5 rings (SSSR count). The summed E-state index contributed by atoms with van der Waals surface area (Å²) in [5.41, 5.74) is 1.17. The summed E-state index contributed by atoms with van der Waals surface area (Å²) in [4.78, 5) is 4.39. The number of nitrogens with zero attached hydrogens (tertiary/aromatic N) is 3. The lowest BCUT2D eigenvalue weighted by molar-refractivity contribution is -0.268. The minimum atomic E-state index is -4.90. The van der Waals surface area contributed by atoms with Gasteiger partial charge in [0.05, 0.1) is 17.3 Å². The van der Waals surface area contributed by atoms with Crippen molar-refractivity contribution in [2.24, 2.45) is 11.0 Å². The molecule has 4 nitrogen and oxygen atoms in total. The Morgan fingerprint density at radius 3 is 2.60 bits per heavy atom. The lowest BCUT2D eigenvalue weighted by atomic mass is 9.77. The number of hydrazone groups is 1. The molecule has 2 aliphatic rings. The summed E-state index contributed by atoms with van der Waals surface area (Å²) in [5, 5.41) is 17.7. The Kier molecular flexibility index (Phi) is 4.27. The summed E-state index contributed by atoms with van der Waals surface area (Å²) >= 11 is 1.04. The van der Waals surface area contributed by atoms with Crippen LogP contribution in [-0.4, -0.2) is 27.7 Å². The maximum atomic E-state index is 14.2. The standard InChI is InChI=1S/C22H18F3N3OS/c1-13-6-8-15(9-7-13)18-12-30-20(26-18)28-21(29,22(23,24)25)17-11-10-14-4-2-3-5-16(14)19(17)27-28/h2-9,12,17,29H,10-11H2,1H3. The highest BCUT2D eigenvalue weighted by Gasteiger charge is 2.68. The van der Waals surface area contributed by atoms with E-state index in [2.05, 4.69) is 10.1 Å². The average Bonchev–Trinajstić information content (AvgIpc) is 3.32. The second kappa shape index (κ2) is 6.65. The van der Waals surface area contributed by atoms with E-state index in [4.69, 9.17) is 0 Å². The molecule has 1 N–H and O–H groups in total. The molecule has 8 heteroatoms. The molecule has 154 valence electrons. The van der Waals surface area contributed by atoms with Crippen molar-refractivity contribution in [3.63, 3.8) is 0 Å². The van der Waals surface area contributed by atoms with E-state index >= 15 is 0 Å². The monoisotopic (exact) mass is 429 g/mol. The molecule has 0 fully saturated rings. The predicted molar refractivity (Wildman–Crippen MR) is 111 cm³/mol. The van der Waals surface area contributed by atoms with Crippen LogP contribution in [0, 0.1) is 12.8 Å². The smallest absolute Gasteiger partial charge is 0.362 e. The summed E-state index contributed by atoms with van der Waals surface area (Å²) in [7, 11) is 0. The molecule has 2 aromatic carbocycles. The molecular formula is C22H18F3N3OS. The second-order valence-electron chi connectivity index (χ2n) is 7.65. The number of anilines is 1. The number of hydrogen-bond donors (Lipinski definition) is 1. The van der Waals surface area contributed by atoms with Gasteiger partial charge in [-0.25, -0.2) is 4.98 Å². The second-order valence-corrected chi connectivity index (χ2v) is 8.49. The van der Waals surface area contributed by atoms with Gasteiger partial charge in [-0.3, -0.25) is 0 Å². The largest absolute Gasteiger partial charge is 0.439 e. The Labute approximate surface area is 175 Å². The van der Waals surface area contributed by atoms with Crippen LogP contribution in [0.3, 0.4) is 0 Å². The van der Waals surface area contributed by atoms with Gasteiger partial charge in [-0.05, 0) is 25.3 Å². The van der Waals surface area contributed by atoms with Crippen molar-refractivity contribution in [3.8, 4) is 11.3 Å².